The first-order chi connectivity index (χ1) is 13.0. The van der Waals surface area contributed by atoms with E-state index in [1.54, 1.807) is 0 Å². The SMILES string of the molecule is CCCCCCCCCCCCCCCCCCCCC(C)CS(=O)(=O)[O-].[Na+]. The minimum Gasteiger partial charge on any atom is -0.748 e. The molecule has 0 aliphatic heterocycles. The Kier molecular flexibility index (Phi) is 25.1. The van der Waals surface area contributed by atoms with Crippen LogP contribution < -0.4 is 29.6 Å². The Morgan fingerprint density at radius 2 is 0.893 bits per heavy atom. The van der Waals surface area contributed by atoms with E-state index in [9.17, 15) is 13.0 Å². The summed E-state index contributed by atoms with van der Waals surface area (Å²) in [6.45, 7) is 4.14. The molecule has 0 radical (unpaired) electrons. The summed E-state index contributed by atoms with van der Waals surface area (Å²) in [5.41, 5.74) is 0. The number of hydrogen-bond acceptors (Lipinski definition) is 3. The largest absolute Gasteiger partial charge is 1.00 e. The van der Waals surface area contributed by atoms with Gasteiger partial charge in [-0.3, -0.25) is 0 Å². The van der Waals surface area contributed by atoms with Gasteiger partial charge >= 0.3 is 29.6 Å². The van der Waals surface area contributed by atoms with Crippen molar-refractivity contribution in [3.8, 4) is 0 Å². The molecular formula is C23H47NaO3S. The van der Waals surface area contributed by atoms with E-state index in [0.29, 0.717) is 0 Å². The smallest absolute Gasteiger partial charge is 0.748 e. The fraction of sp³-hybridized carbons (Fsp3) is 1.00. The molecule has 0 saturated heterocycles. The van der Waals surface area contributed by atoms with Crippen molar-refractivity contribution >= 4 is 10.1 Å². The van der Waals surface area contributed by atoms with E-state index in [4.69, 9.17) is 0 Å². The maximum absolute atomic E-state index is 10.7. The molecule has 0 heterocycles. The van der Waals surface area contributed by atoms with Crippen LogP contribution in [-0.4, -0.2) is 18.7 Å². The molecule has 28 heavy (non-hydrogen) atoms. The Hall–Kier alpha value is 0.910. The van der Waals surface area contributed by atoms with Crippen LogP contribution in [0.2, 0.25) is 0 Å². The molecule has 0 N–H and O–H groups in total. The molecule has 5 heteroatoms. The first kappa shape index (κ1) is 31.1. The van der Waals surface area contributed by atoms with Crippen LogP contribution >= 0.6 is 0 Å². The third-order valence-corrected chi connectivity index (χ3v) is 6.52. The Balaban J connectivity index is 0. The molecule has 0 aliphatic rings. The summed E-state index contributed by atoms with van der Waals surface area (Å²) < 4.78 is 32.0. The summed E-state index contributed by atoms with van der Waals surface area (Å²) in [7, 11) is -4.05. The number of unbranched alkanes of at least 4 members (excludes halogenated alkanes) is 17. The second-order valence-electron chi connectivity index (χ2n) is 8.63. The fourth-order valence-corrected chi connectivity index (χ4v) is 4.69. The van der Waals surface area contributed by atoms with E-state index >= 15 is 0 Å². The second-order valence-corrected chi connectivity index (χ2v) is 10.1. The molecule has 0 aliphatic carbocycles. The van der Waals surface area contributed by atoms with Crippen molar-refractivity contribution in [2.24, 2.45) is 5.92 Å². The maximum atomic E-state index is 10.7. The van der Waals surface area contributed by atoms with Crippen LogP contribution in [0.3, 0.4) is 0 Å². The molecule has 0 aromatic heterocycles. The molecule has 0 fully saturated rings. The van der Waals surface area contributed by atoms with Crippen molar-refractivity contribution < 1.29 is 42.5 Å². The van der Waals surface area contributed by atoms with Gasteiger partial charge in [0.2, 0.25) is 0 Å². The van der Waals surface area contributed by atoms with Gasteiger partial charge in [0, 0.05) is 5.75 Å². The second kappa shape index (κ2) is 22.6. The molecular weight excluding hydrogens is 379 g/mol. The maximum Gasteiger partial charge on any atom is 1.00 e. The minimum absolute atomic E-state index is 0. The topological polar surface area (TPSA) is 57.2 Å². The molecule has 0 spiro atoms. The van der Waals surface area contributed by atoms with Crippen molar-refractivity contribution in [3.05, 3.63) is 0 Å². The minimum atomic E-state index is -4.05. The van der Waals surface area contributed by atoms with E-state index in [0.717, 1.165) is 12.8 Å². The Labute approximate surface area is 199 Å². The van der Waals surface area contributed by atoms with E-state index in [2.05, 4.69) is 6.92 Å². The summed E-state index contributed by atoms with van der Waals surface area (Å²) in [6.07, 6.45) is 25.3. The van der Waals surface area contributed by atoms with Gasteiger partial charge in [0.15, 0.2) is 0 Å². The summed E-state index contributed by atoms with van der Waals surface area (Å²) in [5.74, 6) is -0.194. The summed E-state index contributed by atoms with van der Waals surface area (Å²) in [4.78, 5) is 0. The van der Waals surface area contributed by atoms with Crippen molar-refractivity contribution in [1.82, 2.24) is 0 Å². The average molecular weight is 427 g/mol. The van der Waals surface area contributed by atoms with Crippen LogP contribution in [0, 0.1) is 5.92 Å². The van der Waals surface area contributed by atoms with Gasteiger partial charge in [0.05, 0.1) is 10.1 Å². The molecule has 1 atom stereocenters. The molecule has 3 nitrogen and oxygen atoms in total. The predicted octanol–water partition coefficient (Wildman–Crippen LogP) is 4.60. The zero-order chi connectivity index (χ0) is 20.2. The van der Waals surface area contributed by atoms with E-state index in [-0.39, 0.29) is 41.2 Å². The molecule has 0 bridgehead atoms. The molecule has 0 aromatic rings. The zero-order valence-electron chi connectivity index (χ0n) is 19.4. The van der Waals surface area contributed by atoms with Gasteiger partial charge < -0.3 is 4.55 Å². The third kappa shape index (κ3) is 26.9. The predicted molar refractivity (Wildman–Crippen MR) is 117 cm³/mol. The summed E-state index contributed by atoms with van der Waals surface area (Å²) in [5, 5.41) is 0. The van der Waals surface area contributed by atoms with Gasteiger partial charge in [-0.2, -0.15) is 0 Å². The van der Waals surface area contributed by atoms with Gasteiger partial charge in [-0.05, 0) is 12.3 Å². The Bertz CT molecular complexity index is 399. The van der Waals surface area contributed by atoms with Gasteiger partial charge in [-0.15, -0.1) is 0 Å². The van der Waals surface area contributed by atoms with Gasteiger partial charge in [0.25, 0.3) is 0 Å². The van der Waals surface area contributed by atoms with Crippen molar-refractivity contribution in [1.29, 1.82) is 0 Å². The quantitative estimate of drug-likeness (QED) is 0.153. The normalized spacial score (nSPS) is 12.7. The monoisotopic (exact) mass is 426 g/mol. The standard InChI is InChI=1S/C23H48O3S.Na/c1-3-4-5-6-7-8-9-10-11-12-13-14-15-16-17-18-19-20-21-23(2)22-27(24,25)26;/h23H,3-22H2,1-2H3,(H,24,25,26);/q;+1/p-1. The van der Waals surface area contributed by atoms with Gasteiger partial charge in [0.1, 0.15) is 0 Å². The number of hydrogen-bond donors (Lipinski definition) is 0. The molecule has 164 valence electrons. The molecule has 1 unspecified atom stereocenters. The van der Waals surface area contributed by atoms with Crippen molar-refractivity contribution in [2.75, 3.05) is 5.75 Å². The molecule has 0 rings (SSSR count). The Morgan fingerprint density at radius 1 is 0.607 bits per heavy atom. The van der Waals surface area contributed by atoms with Crippen LogP contribution in [0.25, 0.3) is 0 Å². The zero-order valence-corrected chi connectivity index (χ0v) is 22.2. The van der Waals surface area contributed by atoms with Gasteiger partial charge in [-0.25, -0.2) is 8.42 Å². The summed E-state index contributed by atoms with van der Waals surface area (Å²) in [6, 6.07) is 0. The van der Waals surface area contributed by atoms with Crippen LogP contribution in [0.4, 0.5) is 0 Å². The van der Waals surface area contributed by atoms with E-state index < -0.39 is 10.1 Å². The average Bonchev–Trinajstić information content (AvgIpc) is 2.59. The van der Waals surface area contributed by atoms with Crippen LogP contribution in [0.1, 0.15) is 136 Å². The van der Waals surface area contributed by atoms with Crippen LogP contribution in [-0.2, 0) is 10.1 Å². The molecule has 0 saturated carbocycles. The van der Waals surface area contributed by atoms with Crippen LogP contribution in [0.5, 0.6) is 0 Å². The fourth-order valence-electron chi connectivity index (χ4n) is 3.83. The van der Waals surface area contributed by atoms with E-state index in [1.165, 1.54) is 109 Å². The number of rotatable bonds is 21. The summed E-state index contributed by atoms with van der Waals surface area (Å²) >= 11 is 0. The van der Waals surface area contributed by atoms with Crippen molar-refractivity contribution in [2.45, 2.75) is 136 Å². The van der Waals surface area contributed by atoms with Crippen LogP contribution in [0.15, 0.2) is 0 Å². The first-order valence-electron chi connectivity index (χ1n) is 11.9. The van der Waals surface area contributed by atoms with E-state index in [1.807, 2.05) is 6.92 Å². The first-order valence-corrected chi connectivity index (χ1v) is 13.5. The molecule has 0 amide bonds. The van der Waals surface area contributed by atoms with Gasteiger partial charge in [-0.1, -0.05) is 129 Å². The molecule has 0 aromatic carbocycles. The van der Waals surface area contributed by atoms with Crippen molar-refractivity contribution in [3.63, 3.8) is 0 Å². The third-order valence-electron chi connectivity index (χ3n) is 5.54. The Morgan fingerprint density at radius 3 is 1.18 bits per heavy atom.